The Morgan fingerprint density at radius 2 is 1.04 bits per heavy atom. The number of nitrogens with one attached hydrogen (secondary N) is 4. The number of ketones is 2. The van der Waals surface area contributed by atoms with E-state index < -0.39 is 12.4 Å². The lowest BCUT2D eigenvalue weighted by molar-refractivity contribution is -0.156. The number of halogens is 3. The van der Waals surface area contributed by atoms with Crippen molar-refractivity contribution in [3.8, 4) is 0 Å². The van der Waals surface area contributed by atoms with Crippen molar-refractivity contribution < 1.29 is 57.7 Å². The van der Waals surface area contributed by atoms with Crippen molar-refractivity contribution in [2.45, 2.75) is 111 Å². The highest BCUT2D eigenvalue weighted by Crippen LogP contribution is 2.25. The number of anilines is 1. The summed E-state index contributed by atoms with van der Waals surface area (Å²) in [4.78, 5) is 106. The molecule has 0 bridgehead atoms. The number of nitrogens with zero attached hydrogens (tertiary/aromatic N) is 5. The van der Waals surface area contributed by atoms with Crippen LogP contribution in [-0.2, 0) is 41.6 Å². The number of nitrogen functional groups attached to an aromatic ring is 1. The molecule has 3 aromatic rings. The Hall–Kier alpha value is -6.74. The van der Waals surface area contributed by atoms with E-state index in [1.54, 1.807) is 59.9 Å². The summed E-state index contributed by atoms with van der Waals surface area (Å²) in [6.07, 6.45) is 0.532. The predicted octanol–water partition coefficient (Wildman–Crippen LogP) is 3.59. The summed E-state index contributed by atoms with van der Waals surface area (Å²) in [6.45, 7) is 14.2. The number of aromatic nitrogens is 3. The van der Waals surface area contributed by atoms with Crippen molar-refractivity contribution in [3.05, 3.63) is 65.0 Å². The minimum absolute atomic E-state index is 0.0504. The average Bonchev–Trinajstić information content (AvgIpc) is 4.07. The second kappa shape index (κ2) is 27.2. The van der Waals surface area contributed by atoms with E-state index in [1.165, 1.54) is 0 Å². The first-order valence-electron chi connectivity index (χ1n) is 23.0. The van der Waals surface area contributed by atoms with Crippen molar-refractivity contribution in [2.24, 2.45) is 0 Å². The molecule has 0 fully saturated rings. The number of carbonyl (C=O) groups is 9. The quantitative estimate of drug-likeness (QED) is 0.147. The summed E-state index contributed by atoms with van der Waals surface area (Å²) in [5.74, 6) is -0.128. The molecule has 376 valence electrons. The number of nitrogens with two attached hydrogens (primary N) is 1. The molecule has 0 saturated heterocycles. The van der Waals surface area contributed by atoms with Gasteiger partial charge in [0.25, 0.3) is 17.7 Å². The first-order chi connectivity index (χ1) is 32.5. The van der Waals surface area contributed by atoms with Gasteiger partial charge in [0, 0.05) is 117 Å². The second-order valence-corrected chi connectivity index (χ2v) is 15.8. The summed E-state index contributed by atoms with van der Waals surface area (Å²) in [5.41, 5.74) is 9.48. The van der Waals surface area contributed by atoms with Gasteiger partial charge in [0.2, 0.25) is 24.0 Å². The Kier molecular flexibility index (Phi) is 22.2. The van der Waals surface area contributed by atoms with Crippen LogP contribution < -0.4 is 27.0 Å². The molecule has 0 aliphatic carbocycles. The van der Waals surface area contributed by atoms with Crippen LogP contribution in [0.5, 0.6) is 0 Å². The van der Waals surface area contributed by atoms with Gasteiger partial charge in [-0.15, -0.1) is 0 Å². The summed E-state index contributed by atoms with van der Waals surface area (Å²) in [6, 6.07) is 4.86. The molecule has 3 aliphatic rings. The van der Waals surface area contributed by atoms with Gasteiger partial charge in [-0.1, -0.05) is 27.7 Å². The van der Waals surface area contributed by atoms with Crippen LogP contribution in [-0.4, -0.2) is 137 Å². The van der Waals surface area contributed by atoms with Crippen molar-refractivity contribution >= 4 is 59.0 Å². The highest BCUT2D eigenvalue weighted by molar-refractivity contribution is 5.96. The smallest absolute Gasteiger partial charge is 0.397 e. The number of hydrogen-bond donors (Lipinski definition) is 5. The summed E-state index contributed by atoms with van der Waals surface area (Å²) in [5, 5.41) is 11.0. The largest absolute Gasteiger partial charge is 0.446 e. The maximum absolute atomic E-state index is 12.1. The van der Waals surface area contributed by atoms with Gasteiger partial charge in [-0.25, -0.2) is 0 Å². The van der Waals surface area contributed by atoms with Crippen LogP contribution in [0.15, 0.2) is 36.8 Å². The number of Topliss-reactive ketones (excluding diaryl/α,β-unsaturated/α-hetero) is 2. The van der Waals surface area contributed by atoms with Crippen LogP contribution in [0.25, 0.3) is 0 Å². The number of rotatable bonds is 14. The van der Waals surface area contributed by atoms with E-state index in [9.17, 15) is 51.5 Å². The molecule has 6 N–H and O–H groups in total. The number of alkyl halides is 3. The van der Waals surface area contributed by atoms with Crippen molar-refractivity contribution in [1.29, 1.82) is 0 Å². The molecule has 6 amide bonds. The van der Waals surface area contributed by atoms with E-state index in [0.29, 0.717) is 100 Å². The Morgan fingerprint density at radius 3 is 1.37 bits per heavy atom. The molecule has 3 atom stereocenters. The van der Waals surface area contributed by atoms with Crippen LogP contribution in [0.1, 0.15) is 136 Å². The Labute approximate surface area is 396 Å². The molecule has 0 saturated carbocycles. The lowest BCUT2D eigenvalue weighted by Crippen LogP contribution is -2.40. The van der Waals surface area contributed by atoms with Gasteiger partial charge in [0.15, 0.2) is 0 Å². The summed E-state index contributed by atoms with van der Waals surface area (Å²) >= 11 is 0. The van der Waals surface area contributed by atoms with E-state index in [4.69, 9.17) is 11.9 Å². The number of aldehydes is 1. The van der Waals surface area contributed by atoms with Gasteiger partial charge in [0.05, 0.1) is 23.8 Å². The third-order valence-corrected chi connectivity index (χ3v) is 11.1. The molecule has 3 aromatic heterocycles. The van der Waals surface area contributed by atoms with Crippen LogP contribution in [0.3, 0.4) is 0 Å². The summed E-state index contributed by atoms with van der Waals surface area (Å²) in [7, 11) is 5.13. The molecule has 19 nitrogen and oxygen atoms in total. The molecule has 6 heterocycles. The molecule has 3 aliphatic heterocycles. The molecular weight excluding hydrogens is 894 g/mol. The fourth-order valence-corrected chi connectivity index (χ4v) is 7.02. The normalized spacial score (nSPS) is 16.6. The molecular formula is C46H67F3N10O9. The molecule has 68 heavy (non-hydrogen) atoms. The topological polar surface area (TPSA) is 249 Å². The van der Waals surface area contributed by atoms with Crippen molar-refractivity contribution in [1.82, 2.24) is 44.8 Å². The number of carbonyl (C=O) groups excluding carboxylic acids is 9. The summed E-state index contributed by atoms with van der Waals surface area (Å²) < 4.78 is 42.8. The maximum atomic E-state index is 12.1. The maximum Gasteiger partial charge on any atom is 0.446 e. The zero-order valence-corrected chi connectivity index (χ0v) is 40.3. The third kappa shape index (κ3) is 16.8. The zero-order valence-electron chi connectivity index (χ0n) is 41.3. The van der Waals surface area contributed by atoms with Crippen LogP contribution in [0, 0.1) is 0 Å². The van der Waals surface area contributed by atoms with E-state index in [-0.39, 0.29) is 65.1 Å². The van der Waals surface area contributed by atoms with Crippen molar-refractivity contribution in [3.63, 3.8) is 0 Å². The van der Waals surface area contributed by atoms with E-state index in [1.807, 2.05) is 63.1 Å². The SMILES string of the molecule is CC.CCC(=O)Cc1cc2n(c1)C(CC(=O)N(C)CC)CNC2=O.CCC(=O)Cc1cc2n(c1)C(CC(=O)NC)CNC2=O.CCN(C)C(=O)CC1CNC(=O)c2cc(N)cn21.[2H]C(=O)C(F)(F)F. The van der Waals surface area contributed by atoms with Gasteiger partial charge in [-0.05, 0) is 43.2 Å². The fraction of sp³-hybridized carbons (Fsp3) is 0.543. The minimum atomic E-state index is -4.97. The lowest BCUT2D eigenvalue weighted by atomic mass is 10.1. The van der Waals surface area contributed by atoms with Crippen molar-refractivity contribution in [2.75, 3.05) is 59.6 Å². The molecule has 0 spiro atoms. The average molecular weight is 962 g/mol. The first-order valence-corrected chi connectivity index (χ1v) is 22.5. The Bertz CT molecular complexity index is 2310. The molecule has 3 unspecified atom stereocenters. The van der Waals surface area contributed by atoms with Gasteiger partial charge >= 0.3 is 6.18 Å². The number of hydrogen-bond acceptors (Lipinski definition) is 10. The zero-order chi connectivity index (χ0) is 52.3. The Morgan fingerprint density at radius 1 is 0.706 bits per heavy atom. The van der Waals surface area contributed by atoms with E-state index in [2.05, 4.69) is 21.3 Å². The van der Waals surface area contributed by atoms with Gasteiger partial charge in [0.1, 0.15) is 30.0 Å². The monoisotopic (exact) mass is 962 g/mol. The highest BCUT2D eigenvalue weighted by Gasteiger charge is 2.30. The van der Waals surface area contributed by atoms with E-state index in [0.717, 1.165) is 11.1 Å². The van der Waals surface area contributed by atoms with E-state index >= 15 is 0 Å². The lowest BCUT2D eigenvalue weighted by Gasteiger charge is -2.27. The Balaban J connectivity index is 0.000000327. The molecule has 22 heteroatoms. The number of amides is 6. The standard InChI is InChI=1S/C16H23N3O3.C14H19N3O3.C12H18N4O2.C2HF3O.C2H6/c1-4-13(20)6-11-7-14-16(22)17-9-12(19(14)10-11)8-15(21)18(3)5-2;1-3-11(18)4-9-5-12-14(20)16-7-10(17(12)8-9)6-13(19)15-2;1-3-15(2)11(17)5-9-6-14-12(18)10-4-8(13)7-16(9)10;3-2(4,5)1-6;1-2/h7,10,12H,4-6,8-9H2,1-3H3,(H,17,22);5,8,10H,3-4,6-7H2,1-2H3,(H,15,19)(H,16,20);4,7,9H,3,5-6,13H2,1-2H3,(H,14,18);1H;1-2H3/i;;;1D;. The van der Waals surface area contributed by atoms with Crippen LogP contribution in [0.2, 0.25) is 0 Å². The highest BCUT2D eigenvalue weighted by atomic mass is 19.4. The van der Waals surface area contributed by atoms with Crippen LogP contribution in [0.4, 0.5) is 18.9 Å². The first kappa shape index (κ1) is 55.6. The minimum Gasteiger partial charge on any atom is -0.397 e. The number of fused-ring (bicyclic) bond motifs is 3. The molecule has 0 aromatic carbocycles. The van der Waals surface area contributed by atoms with Gasteiger partial charge < -0.3 is 50.5 Å². The predicted molar refractivity (Wildman–Crippen MR) is 248 cm³/mol. The second-order valence-electron chi connectivity index (χ2n) is 15.8. The van der Waals surface area contributed by atoms with Crippen LogP contribution >= 0.6 is 0 Å². The molecule has 6 rings (SSSR count). The third-order valence-electron chi connectivity index (χ3n) is 11.1. The fourth-order valence-electron chi connectivity index (χ4n) is 7.02. The van der Waals surface area contributed by atoms with Gasteiger partial charge in [-0.3, -0.25) is 43.2 Å². The molecule has 0 radical (unpaired) electrons. The van der Waals surface area contributed by atoms with Gasteiger partial charge in [-0.2, -0.15) is 13.2 Å².